The van der Waals surface area contributed by atoms with E-state index >= 15 is 0 Å². The van der Waals surface area contributed by atoms with Crippen molar-refractivity contribution in [2.24, 2.45) is 0 Å². The fraction of sp³-hybridized carbons (Fsp3) is 0.0625. The highest BCUT2D eigenvalue weighted by Crippen LogP contribution is 2.44. The van der Waals surface area contributed by atoms with Gasteiger partial charge in [-0.15, -0.1) is 0 Å². The lowest BCUT2D eigenvalue weighted by Crippen LogP contribution is -2.16. The molecule has 0 aliphatic rings. The second-order valence-corrected chi connectivity index (χ2v) is 7.99. The number of benzene rings is 2. The van der Waals surface area contributed by atoms with E-state index in [0.29, 0.717) is 6.07 Å². The van der Waals surface area contributed by atoms with Crippen molar-refractivity contribution in [3.63, 3.8) is 0 Å². The first-order valence-corrected chi connectivity index (χ1v) is 10.7. The Balaban J connectivity index is 2.42. The van der Waals surface area contributed by atoms with E-state index in [4.69, 9.17) is 18.3 Å². The van der Waals surface area contributed by atoms with Crippen LogP contribution in [0, 0.1) is 0 Å². The van der Waals surface area contributed by atoms with E-state index in [2.05, 4.69) is 8.37 Å². The number of fused-ring (bicyclic) bond motifs is 1. The first kappa shape index (κ1) is 22.9. The molecule has 0 saturated heterocycles. The molecule has 2 aromatic carbocycles. The van der Waals surface area contributed by atoms with Gasteiger partial charge >= 0.3 is 20.8 Å². The number of aromatic hydroxyl groups is 3. The van der Waals surface area contributed by atoms with Gasteiger partial charge in [-0.2, -0.15) is 16.8 Å². The maximum Gasteiger partial charge on any atom is 0.446 e. The van der Waals surface area contributed by atoms with Crippen LogP contribution in [0.3, 0.4) is 0 Å². The molecule has 14 nitrogen and oxygen atoms in total. The topological polar surface area (TPSA) is 227 Å². The molecule has 0 radical (unpaired) electrons. The van der Waals surface area contributed by atoms with Gasteiger partial charge in [0.05, 0.1) is 7.11 Å². The van der Waals surface area contributed by atoms with Crippen molar-refractivity contribution < 1.29 is 58.8 Å². The smallest absolute Gasteiger partial charge is 0.446 e. The van der Waals surface area contributed by atoms with Crippen molar-refractivity contribution in [1.82, 2.24) is 0 Å². The van der Waals surface area contributed by atoms with Crippen molar-refractivity contribution in [3.05, 3.63) is 34.5 Å². The summed E-state index contributed by atoms with van der Waals surface area (Å²) >= 11 is 0. The number of methoxy groups -OCH3 is 1. The van der Waals surface area contributed by atoms with Gasteiger partial charge in [0, 0.05) is 11.6 Å². The summed E-state index contributed by atoms with van der Waals surface area (Å²) in [6, 6.07) is 3.38. The van der Waals surface area contributed by atoms with Gasteiger partial charge in [0.2, 0.25) is 16.9 Å². The molecule has 172 valence electrons. The number of ether oxygens (including phenoxy) is 1. The summed E-state index contributed by atoms with van der Waals surface area (Å²) in [7, 11) is -9.37. The van der Waals surface area contributed by atoms with Gasteiger partial charge in [0.15, 0.2) is 28.8 Å². The molecule has 32 heavy (non-hydrogen) atoms. The summed E-state index contributed by atoms with van der Waals surface area (Å²) in [5.41, 5.74) is -2.21. The van der Waals surface area contributed by atoms with Crippen LogP contribution in [0.4, 0.5) is 0 Å². The van der Waals surface area contributed by atoms with Crippen LogP contribution >= 0.6 is 0 Å². The molecule has 0 bridgehead atoms. The monoisotopic (exact) mass is 492 g/mol. The molecule has 1 heterocycles. The van der Waals surface area contributed by atoms with Crippen LogP contribution in [-0.2, 0) is 20.8 Å². The second-order valence-electron chi connectivity index (χ2n) is 5.94. The van der Waals surface area contributed by atoms with Gasteiger partial charge in [-0.3, -0.25) is 13.9 Å². The lowest BCUT2D eigenvalue weighted by Gasteiger charge is -2.13. The average Bonchev–Trinajstić information content (AvgIpc) is 2.63. The third kappa shape index (κ3) is 4.47. The fourth-order valence-electron chi connectivity index (χ4n) is 2.69. The van der Waals surface area contributed by atoms with E-state index < -0.39 is 77.5 Å². The highest BCUT2D eigenvalue weighted by atomic mass is 32.3. The SMILES string of the molecule is COc1c(O)cc2oc(-c3ccc(O)c(OS(=O)(=O)O)c3)c(OS(=O)(=O)O)c(=O)c2c1O. The van der Waals surface area contributed by atoms with Crippen LogP contribution in [0.1, 0.15) is 0 Å². The lowest BCUT2D eigenvalue weighted by atomic mass is 10.1. The quantitative estimate of drug-likeness (QED) is 0.302. The zero-order valence-electron chi connectivity index (χ0n) is 15.5. The minimum Gasteiger partial charge on any atom is -0.504 e. The highest BCUT2D eigenvalue weighted by Gasteiger charge is 2.27. The van der Waals surface area contributed by atoms with E-state index in [1.807, 2.05) is 0 Å². The minimum atomic E-state index is -5.32. The first-order valence-electron chi connectivity index (χ1n) is 7.98. The number of rotatable bonds is 6. The molecule has 3 aromatic rings. The Labute approximate surface area is 178 Å². The number of phenolic OH excluding ortho intramolecular Hbond substituents is 3. The van der Waals surface area contributed by atoms with Gasteiger partial charge in [-0.25, -0.2) is 0 Å². The molecular formula is C16H12O14S2. The van der Waals surface area contributed by atoms with Gasteiger partial charge in [-0.05, 0) is 18.2 Å². The van der Waals surface area contributed by atoms with Crippen molar-refractivity contribution in [2.45, 2.75) is 0 Å². The Morgan fingerprint density at radius 2 is 1.50 bits per heavy atom. The molecule has 0 spiro atoms. The molecule has 0 fully saturated rings. The van der Waals surface area contributed by atoms with Crippen LogP contribution in [0.15, 0.2) is 33.5 Å². The Hall–Kier alpha value is -3.73. The van der Waals surface area contributed by atoms with Crippen LogP contribution in [-0.4, -0.2) is 48.4 Å². The van der Waals surface area contributed by atoms with Crippen molar-refractivity contribution >= 4 is 31.8 Å². The van der Waals surface area contributed by atoms with Crippen LogP contribution in [0.2, 0.25) is 0 Å². The zero-order valence-corrected chi connectivity index (χ0v) is 17.2. The first-order chi connectivity index (χ1) is 14.7. The van der Waals surface area contributed by atoms with E-state index in [1.54, 1.807) is 0 Å². The Morgan fingerprint density at radius 3 is 2.06 bits per heavy atom. The van der Waals surface area contributed by atoms with Crippen LogP contribution in [0.5, 0.6) is 34.5 Å². The molecular weight excluding hydrogens is 480 g/mol. The zero-order chi connectivity index (χ0) is 24.0. The lowest BCUT2D eigenvalue weighted by molar-refractivity contribution is 0.345. The number of phenols is 3. The molecule has 3 rings (SSSR count). The maximum atomic E-state index is 12.9. The summed E-state index contributed by atoms with van der Waals surface area (Å²) in [4.78, 5) is 12.9. The van der Waals surface area contributed by atoms with Crippen molar-refractivity contribution in [1.29, 1.82) is 0 Å². The van der Waals surface area contributed by atoms with E-state index in [1.165, 1.54) is 0 Å². The van der Waals surface area contributed by atoms with Gasteiger partial charge in [0.1, 0.15) is 11.0 Å². The predicted molar refractivity (Wildman–Crippen MR) is 104 cm³/mol. The summed E-state index contributed by atoms with van der Waals surface area (Å²) in [6.07, 6.45) is 0. The average molecular weight is 492 g/mol. The predicted octanol–water partition coefficient (Wildman–Crippen LogP) is 0.949. The highest BCUT2D eigenvalue weighted by molar-refractivity contribution is 7.81. The van der Waals surface area contributed by atoms with E-state index in [0.717, 1.165) is 25.3 Å². The van der Waals surface area contributed by atoms with E-state index in [-0.39, 0.29) is 5.56 Å². The summed E-state index contributed by atoms with van der Waals surface area (Å²) < 4.78 is 81.0. The largest absolute Gasteiger partial charge is 0.504 e. The molecule has 0 atom stereocenters. The van der Waals surface area contributed by atoms with Crippen LogP contribution < -0.4 is 18.5 Å². The molecule has 0 saturated carbocycles. The molecule has 16 heteroatoms. The molecule has 1 aromatic heterocycles. The van der Waals surface area contributed by atoms with E-state index in [9.17, 15) is 36.9 Å². The standard InChI is InChI=1S/C16H12O14S2/c1-27-15-8(18)5-10-11(12(15)19)13(20)16(30-32(24,25)26)14(28-10)6-2-3-7(17)9(4-6)29-31(21,22)23/h2-5,17-19H,1H3,(H,21,22,23)(H,24,25,26). The van der Waals surface area contributed by atoms with Gasteiger partial charge in [-0.1, -0.05) is 0 Å². The maximum absolute atomic E-state index is 12.9. The third-order valence-corrected chi connectivity index (χ3v) is 4.63. The second kappa shape index (κ2) is 7.75. The summed E-state index contributed by atoms with van der Waals surface area (Å²) in [5.74, 6) is -5.75. The molecule has 0 amide bonds. The molecule has 5 N–H and O–H groups in total. The molecule has 0 aliphatic heterocycles. The Kier molecular flexibility index (Phi) is 5.56. The Bertz CT molecular complexity index is 1500. The minimum absolute atomic E-state index is 0.353. The summed E-state index contributed by atoms with van der Waals surface area (Å²) in [6.45, 7) is 0. The summed E-state index contributed by atoms with van der Waals surface area (Å²) in [5, 5.41) is 29.2. The fourth-order valence-corrected chi connectivity index (χ4v) is 3.42. The van der Waals surface area contributed by atoms with Gasteiger partial charge < -0.3 is 32.8 Å². The number of hydrogen-bond acceptors (Lipinski definition) is 12. The Morgan fingerprint density at radius 1 is 0.875 bits per heavy atom. The van der Waals surface area contributed by atoms with Crippen molar-refractivity contribution in [2.75, 3.05) is 7.11 Å². The molecule has 0 unspecified atom stereocenters. The molecule has 0 aliphatic carbocycles. The number of hydrogen-bond donors (Lipinski definition) is 5. The van der Waals surface area contributed by atoms with Gasteiger partial charge in [0.25, 0.3) is 0 Å². The normalized spacial score (nSPS) is 12.0. The van der Waals surface area contributed by atoms with Crippen LogP contribution in [0.25, 0.3) is 22.3 Å². The third-order valence-electron chi connectivity index (χ3n) is 3.86. The van der Waals surface area contributed by atoms with Crippen molar-refractivity contribution in [3.8, 4) is 45.8 Å².